The number of rotatable bonds is 6. The zero-order chi connectivity index (χ0) is 27.4. The second-order valence-electron chi connectivity index (χ2n) is 9.29. The summed E-state index contributed by atoms with van der Waals surface area (Å²) >= 11 is 0. The minimum atomic E-state index is -4.66. The van der Waals surface area contributed by atoms with Crippen molar-refractivity contribution in [3.63, 3.8) is 0 Å². The van der Waals surface area contributed by atoms with E-state index in [0.29, 0.717) is 11.4 Å². The summed E-state index contributed by atoms with van der Waals surface area (Å²) in [6.07, 6.45) is 3.57. The number of halogens is 3. The molecule has 10 nitrogen and oxygen atoms in total. The zero-order valence-electron chi connectivity index (χ0n) is 20.8. The summed E-state index contributed by atoms with van der Waals surface area (Å²) in [5, 5.41) is 5.94. The number of nitrogens with one attached hydrogen (secondary N) is 1. The molecule has 0 unspecified atom stereocenters. The van der Waals surface area contributed by atoms with Crippen LogP contribution in [0.1, 0.15) is 70.1 Å². The van der Waals surface area contributed by atoms with Crippen LogP contribution < -0.4 is 21.7 Å². The molecule has 1 saturated carbocycles. The zero-order valence-corrected chi connectivity index (χ0v) is 20.8. The van der Waals surface area contributed by atoms with Gasteiger partial charge in [0.15, 0.2) is 17.2 Å². The molecule has 5 N–H and O–H groups in total. The van der Waals surface area contributed by atoms with Crippen molar-refractivity contribution in [1.29, 1.82) is 0 Å². The van der Waals surface area contributed by atoms with E-state index in [1.54, 1.807) is 12.1 Å². The van der Waals surface area contributed by atoms with E-state index in [2.05, 4.69) is 20.4 Å². The summed E-state index contributed by atoms with van der Waals surface area (Å²) < 4.78 is 40.5. The maximum Gasteiger partial charge on any atom is 0.437 e. The van der Waals surface area contributed by atoms with Gasteiger partial charge >= 0.3 is 6.18 Å². The topological polar surface area (TPSA) is 145 Å². The van der Waals surface area contributed by atoms with Crippen LogP contribution in [0.5, 0.6) is 0 Å². The number of carbonyl (C=O) groups excluding carboxylic acids is 2. The number of anilines is 3. The lowest BCUT2D eigenvalue weighted by molar-refractivity contribution is -0.140. The van der Waals surface area contributed by atoms with E-state index in [4.69, 9.17) is 11.5 Å². The maximum atomic E-state index is 13.1. The minimum Gasteiger partial charge on any atom is -0.366 e. The van der Waals surface area contributed by atoms with Crippen molar-refractivity contribution in [2.24, 2.45) is 18.5 Å². The lowest BCUT2D eigenvalue weighted by atomic mass is 10.1. The van der Waals surface area contributed by atoms with Crippen molar-refractivity contribution in [3.8, 4) is 0 Å². The number of hydrogen-bond donors (Lipinski definition) is 3. The molecule has 13 heteroatoms. The molecule has 3 heterocycles. The van der Waals surface area contributed by atoms with E-state index in [1.807, 2.05) is 17.0 Å². The second-order valence-corrected chi connectivity index (χ2v) is 9.29. The number of benzene rings is 1. The molecule has 2 fully saturated rings. The number of primary amides is 2. The van der Waals surface area contributed by atoms with Crippen molar-refractivity contribution in [2.45, 2.75) is 44.2 Å². The highest BCUT2D eigenvalue weighted by molar-refractivity contribution is 5.96. The van der Waals surface area contributed by atoms with Gasteiger partial charge in [-0.3, -0.25) is 14.3 Å². The second kappa shape index (κ2) is 11.1. The Morgan fingerprint density at radius 3 is 2.24 bits per heavy atom. The number of piperidine rings is 1. The molecule has 0 spiro atoms. The van der Waals surface area contributed by atoms with E-state index < -0.39 is 17.8 Å². The Hall–Kier alpha value is -4.16. The first-order chi connectivity index (χ1) is 18.0. The van der Waals surface area contributed by atoms with Crippen LogP contribution >= 0.6 is 0 Å². The molecular formula is C25H29F3N8O2. The van der Waals surface area contributed by atoms with Gasteiger partial charge in [0.05, 0.1) is 11.9 Å². The summed E-state index contributed by atoms with van der Waals surface area (Å²) in [5.41, 5.74) is 10.7. The fourth-order valence-corrected chi connectivity index (χ4v) is 4.18. The van der Waals surface area contributed by atoms with Crippen molar-refractivity contribution in [1.82, 2.24) is 19.7 Å². The number of aromatic nitrogens is 4. The molecule has 5 rings (SSSR count). The monoisotopic (exact) mass is 530 g/mol. The average Bonchev–Trinajstić information content (AvgIpc) is 3.66. The molecule has 1 aromatic carbocycles. The van der Waals surface area contributed by atoms with Crippen LogP contribution in [0.4, 0.5) is 30.5 Å². The molecule has 2 aliphatic rings. The van der Waals surface area contributed by atoms with Crippen LogP contribution in [-0.4, -0.2) is 44.7 Å². The van der Waals surface area contributed by atoms with Crippen molar-refractivity contribution in [3.05, 3.63) is 59.2 Å². The van der Waals surface area contributed by atoms with E-state index in [9.17, 15) is 22.8 Å². The molecule has 0 radical (unpaired) electrons. The van der Waals surface area contributed by atoms with Gasteiger partial charge in [-0.1, -0.05) is 12.1 Å². The molecule has 0 atom stereocenters. The van der Waals surface area contributed by atoms with Gasteiger partial charge in [-0.05, 0) is 55.7 Å². The predicted molar refractivity (Wildman–Crippen MR) is 135 cm³/mol. The van der Waals surface area contributed by atoms with E-state index in [0.717, 1.165) is 49.1 Å². The standard InChI is InChI=1S/C15H18F3N7O.C10H11NO/c1-24-8-9(12(23-24)15(16,17)18)21-14-11(13(19)26)20-7-10(22-14)25-5-3-2-4-6-25;11-10(12)9-5-3-8(4-6-9)7-1-2-7/h7-8H,2-6H2,1H3,(H2,19,26)(H,21,22);3-7H,1-2H2,(H2,11,12). The molecule has 1 saturated heterocycles. The number of carbonyl (C=O) groups is 2. The third-order valence-electron chi connectivity index (χ3n) is 6.27. The lowest BCUT2D eigenvalue weighted by Crippen LogP contribution is -2.31. The fourth-order valence-electron chi connectivity index (χ4n) is 4.18. The molecule has 38 heavy (non-hydrogen) atoms. The lowest BCUT2D eigenvalue weighted by Gasteiger charge is -2.27. The van der Waals surface area contributed by atoms with Gasteiger partial charge in [0.2, 0.25) is 5.91 Å². The van der Waals surface area contributed by atoms with Gasteiger partial charge in [0.25, 0.3) is 5.91 Å². The smallest absolute Gasteiger partial charge is 0.366 e. The number of nitrogens with zero attached hydrogens (tertiary/aromatic N) is 5. The highest BCUT2D eigenvalue weighted by Gasteiger charge is 2.37. The molecule has 202 valence electrons. The van der Waals surface area contributed by atoms with Gasteiger partial charge in [0.1, 0.15) is 5.82 Å². The Kier molecular flexibility index (Phi) is 7.83. The van der Waals surface area contributed by atoms with E-state index in [-0.39, 0.29) is 23.1 Å². The highest BCUT2D eigenvalue weighted by Crippen LogP contribution is 2.40. The maximum absolute atomic E-state index is 13.1. The third kappa shape index (κ3) is 6.58. The Labute approximate surface area is 217 Å². The van der Waals surface area contributed by atoms with Crippen molar-refractivity contribution < 1.29 is 22.8 Å². The Morgan fingerprint density at radius 2 is 1.68 bits per heavy atom. The molecule has 3 aromatic rings. The molecule has 1 aliphatic heterocycles. The fraction of sp³-hybridized carbons (Fsp3) is 0.400. The quantitative estimate of drug-likeness (QED) is 0.440. The van der Waals surface area contributed by atoms with E-state index >= 15 is 0 Å². The Bertz CT molecular complexity index is 1300. The summed E-state index contributed by atoms with van der Waals surface area (Å²) in [7, 11) is 1.37. The van der Waals surface area contributed by atoms with Gasteiger partial charge < -0.3 is 21.7 Å². The number of amides is 2. The molecule has 2 aromatic heterocycles. The number of nitrogens with two attached hydrogens (primary N) is 2. The number of hydrogen-bond acceptors (Lipinski definition) is 7. The summed E-state index contributed by atoms with van der Waals surface area (Å²) in [5.74, 6) is -0.138. The Morgan fingerprint density at radius 1 is 1.03 bits per heavy atom. The predicted octanol–water partition coefficient (Wildman–Crippen LogP) is 3.72. The average molecular weight is 531 g/mol. The summed E-state index contributed by atoms with van der Waals surface area (Å²) in [4.78, 5) is 32.6. The third-order valence-corrected chi connectivity index (χ3v) is 6.27. The first-order valence-electron chi connectivity index (χ1n) is 12.2. The van der Waals surface area contributed by atoms with Gasteiger partial charge in [-0.2, -0.15) is 18.3 Å². The minimum absolute atomic E-state index is 0.126. The first-order valence-corrected chi connectivity index (χ1v) is 12.2. The van der Waals surface area contributed by atoms with Crippen molar-refractivity contribution in [2.75, 3.05) is 23.3 Å². The molecule has 0 bridgehead atoms. The van der Waals surface area contributed by atoms with Gasteiger partial charge in [0, 0.05) is 31.9 Å². The van der Waals surface area contributed by atoms with Crippen LogP contribution in [-0.2, 0) is 13.2 Å². The largest absolute Gasteiger partial charge is 0.437 e. The molecule has 2 amide bonds. The molecule has 1 aliphatic carbocycles. The summed E-state index contributed by atoms with van der Waals surface area (Å²) in [6, 6.07) is 7.60. The van der Waals surface area contributed by atoms with Crippen LogP contribution in [0.2, 0.25) is 0 Å². The van der Waals surface area contributed by atoms with Crippen molar-refractivity contribution >= 4 is 29.1 Å². The van der Waals surface area contributed by atoms with Crippen LogP contribution in [0.15, 0.2) is 36.7 Å². The number of alkyl halides is 3. The van der Waals surface area contributed by atoms with Gasteiger partial charge in [-0.15, -0.1) is 0 Å². The SMILES string of the molecule is Cn1cc(Nc2nc(N3CCCCC3)cnc2C(N)=O)c(C(F)(F)F)n1.NC(=O)c1ccc(C2CC2)cc1. The Balaban J connectivity index is 0.000000232. The highest BCUT2D eigenvalue weighted by atomic mass is 19.4. The van der Waals surface area contributed by atoms with Crippen LogP contribution in [0.25, 0.3) is 0 Å². The van der Waals surface area contributed by atoms with Crippen LogP contribution in [0.3, 0.4) is 0 Å². The first kappa shape index (κ1) is 26.9. The van der Waals surface area contributed by atoms with E-state index in [1.165, 1.54) is 31.6 Å². The molecular weight excluding hydrogens is 501 g/mol. The number of aryl methyl sites for hydroxylation is 1. The summed E-state index contributed by atoms with van der Waals surface area (Å²) in [6.45, 7) is 1.54. The van der Waals surface area contributed by atoms with Gasteiger partial charge in [-0.25, -0.2) is 9.97 Å². The van der Waals surface area contributed by atoms with Crippen LogP contribution in [0, 0.1) is 0 Å². The normalized spacial score (nSPS) is 15.4.